The van der Waals surface area contributed by atoms with Crippen LogP contribution in [0.3, 0.4) is 0 Å². The van der Waals surface area contributed by atoms with Gasteiger partial charge >= 0.3 is 0 Å². The van der Waals surface area contributed by atoms with E-state index in [2.05, 4.69) is 40.3 Å². The maximum atomic E-state index is 6.02. The van der Waals surface area contributed by atoms with Gasteiger partial charge in [-0.2, -0.15) is 5.10 Å². The Labute approximate surface area is 129 Å². The van der Waals surface area contributed by atoms with Gasteiger partial charge in [-0.05, 0) is 48.7 Å². The molecular weight excluding hydrogens is 318 g/mol. The molecular formula is C15H24BrN3O. The van der Waals surface area contributed by atoms with Crippen molar-refractivity contribution in [3.8, 4) is 0 Å². The van der Waals surface area contributed by atoms with Gasteiger partial charge in [0, 0.05) is 25.4 Å². The number of hydrogen-bond acceptors (Lipinski definition) is 3. The molecule has 2 aliphatic heterocycles. The second kappa shape index (κ2) is 5.78. The van der Waals surface area contributed by atoms with Gasteiger partial charge in [-0.25, -0.2) is 0 Å². The molecule has 4 atom stereocenters. The number of nitrogens with zero attached hydrogens (tertiary/aromatic N) is 2. The van der Waals surface area contributed by atoms with Crippen molar-refractivity contribution in [1.29, 1.82) is 0 Å². The maximum Gasteiger partial charge on any atom is 0.0766 e. The van der Waals surface area contributed by atoms with Crippen LogP contribution in [0.5, 0.6) is 0 Å². The normalized spacial score (nSPS) is 30.1. The van der Waals surface area contributed by atoms with Gasteiger partial charge in [0.15, 0.2) is 0 Å². The van der Waals surface area contributed by atoms with Gasteiger partial charge in [0.1, 0.15) is 0 Å². The van der Waals surface area contributed by atoms with Crippen molar-refractivity contribution in [2.24, 2.45) is 13.0 Å². The Bertz CT molecular complexity index is 488. The predicted molar refractivity (Wildman–Crippen MR) is 82.8 cm³/mol. The molecule has 2 saturated heterocycles. The Morgan fingerprint density at radius 2 is 2.30 bits per heavy atom. The Hall–Kier alpha value is -0.390. The third-order valence-corrected chi connectivity index (χ3v) is 5.87. The average molecular weight is 342 g/mol. The minimum absolute atomic E-state index is 0.468. The van der Waals surface area contributed by atoms with Crippen molar-refractivity contribution in [2.45, 2.75) is 57.3 Å². The van der Waals surface area contributed by atoms with Gasteiger partial charge in [-0.3, -0.25) is 4.68 Å². The number of hydrogen-bond donors (Lipinski definition) is 1. The minimum Gasteiger partial charge on any atom is -0.375 e. The monoisotopic (exact) mass is 341 g/mol. The summed E-state index contributed by atoms with van der Waals surface area (Å²) >= 11 is 3.73. The molecule has 0 spiro atoms. The number of ether oxygens (including phenoxy) is 1. The maximum absolute atomic E-state index is 6.02. The molecule has 4 nitrogen and oxygen atoms in total. The summed E-state index contributed by atoms with van der Waals surface area (Å²) in [5.74, 6) is 0.644. The average Bonchev–Trinajstić information content (AvgIpc) is 3.13. The van der Waals surface area contributed by atoms with Gasteiger partial charge < -0.3 is 10.1 Å². The second-order valence-corrected chi connectivity index (χ2v) is 6.85. The van der Waals surface area contributed by atoms with E-state index >= 15 is 0 Å². The number of likely N-dealkylation sites (N-methyl/N-ethyl adjacent to an activating group) is 1. The molecule has 0 saturated carbocycles. The lowest BCUT2D eigenvalue weighted by molar-refractivity contribution is 0.0862. The topological polar surface area (TPSA) is 39.1 Å². The molecule has 2 fully saturated rings. The first-order valence-electron chi connectivity index (χ1n) is 7.67. The lowest BCUT2D eigenvalue weighted by atomic mass is 9.82. The first-order valence-corrected chi connectivity index (χ1v) is 8.46. The molecule has 1 aromatic rings. The molecule has 112 valence electrons. The van der Waals surface area contributed by atoms with Crippen molar-refractivity contribution >= 4 is 15.9 Å². The lowest BCUT2D eigenvalue weighted by Gasteiger charge is -2.28. The second-order valence-electron chi connectivity index (χ2n) is 6.06. The molecule has 0 aliphatic carbocycles. The van der Waals surface area contributed by atoms with Crippen LogP contribution in [0.2, 0.25) is 0 Å². The molecule has 0 radical (unpaired) electrons. The molecule has 20 heavy (non-hydrogen) atoms. The van der Waals surface area contributed by atoms with E-state index in [1.807, 2.05) is 11.7 Å². The zero-order chi connectivity index (χ0) is 14.3. The molecule has 3 rings (SSSR count). The van der Waals surface area contributed by atoms with E-state index in [1.165, 1.54) is 29.4 Å². The number of aromatic nitrogens is 2. The Kier molecular flexibility index (Phi) is 4.20. The zero-order valence-corrected chi connectivity index (χ0v) is 14.1. The van der Waals surface area contributed by atoms with Crippen molar-refractivity contribution in [2.75, 3.05) is 7.05 Å². The number of fused-ring (bicyclic) bond motifs is 2. The largest absolute Gasteiger partial charge is 0.375 e. The zero-order valence-electron chi connectivity index (χ0n) is 12.5. The molecule has 1 N–H and O–H groups in total. The predicted octanol–water partition coefficient (Wildman–Crippen LogP) is 2.44. The van der Waals surface area contributed by atoms with Crippen molar-refractivity contribution < 1.29 is 4.74 Å². The first-order chi connectivity index (χ1) is 9.63. The number of halogens is 1. The highest BCUT2D eigenvalue weighted by Crippen LogP contribution is 2.41. The van der Waals surface area contributed by atoms with E-state index in [0.29, 0.717) is 24.2 Å². The summed E-state index contributed by atoms with van der Waals surface area (Å²) in [5.41, 5.74) is 2.45. The van der Waals surface area contributed by atoms with E-state index in [-0.39, 0.29) is 0 Å². The first kappa shape index (κ1) is 14.5. The smallest absolute Gasteiger partial charge is 0.0766 e. The summed E-state index contributed by atoms with van der Waals surface area (Å²) in [4.78, 5) is 0. The molecule has 0 amide bonds. The van der Waals surface area contributed by atoms with Crippen LogP contribution in [0, 0.1) is 5.92 Å². The Balaban J connectivity index is 1.77. The van der Waals surface area contributed by atoms with Crippen molar-refractivity contribution in [3.05, 3.63) is 15.9 Å². The minimum atomic E-state index is 0.468. The quantitative estimate of drug-likeness (QED) is 0.893. The highest BCUT2D eigenvalue weighted by Gasteiger charge is 2.44. The van der Waals surface area contributed by atoms with Crippen LogP contribution in [0.25, 0.3) is 0 Å². The Morgan fingerprint density at radius 3 is 2.80 bits per heavy atom. The molecule has 2 aliphatic rings. The van der Waals surface area contributed by atoms with Crippen LogP contribution < -0.4 is 5.32 Å². The lowest BCUT2D eigenvalue weighted by Crippen LogP contribution is -2.40. The van der Waals surface area contributed by atoms with Crippen LogP contribution in [-0.2, 0) is 24.6 Å². The van der Waals surface area contributed by atoms with Crippen LogP contribution in [0.4, 0.5) is 0 Å². The summed E-state index contributed by atoms with van der Waals surface area (Å²) in [6, 6.07) is 0.474. The summed E-state index contributed by atoms with van der Waals surface area (Å²) < 4.78 is 9.23. The van der Waals surface area contributed by atoms with Gasteiger partial charge in [0.2, 0.25) is 0 Å². The fraction of sp³-hybridized carbons (Fsp3) is 0.800. The van der Waals surface area contributed by atoms with E-state index in [4.69, 9.17) is 4.74 Å². The molecule has 5 heteroatoms. The van der Waals surface area contributed by atoms with E-state index in [1.54, 1.807) is 0 Å². The van der Waals surface area contributed by atoms with Crippen molar-refractivity contribution in [1.82, 2.24) is 15.1 Å². The van der Waals surface area contributed by atoms with Gasteiger partial charge in [0.05, 0.1) is 28.1 Å². The third-order valence-electron chi connectivity index (χ3n) is 4.96. The summed E-state index contributed by atoms with van der Waals surface area (Å²) in [5, 5.41) is 8.12. The van der Waals surface area contributed by atoms with Gasteiger partial charge in [-0.15, -0.1) is 0 Å². The highest BCUT2D eigenvalue weighted by molar-refractivity contribution is 9.10. The van der Waals surface area contributed by atoms with Crippen LogP contribution in [0.15, 0.2) is 4.47 Å². The molecule has 3 heterocycles. The molecule has 4 unspecified atom stereocenters. The molecule has 0 aromatic carbocycles. The van der Waals surface area contributed by atoms with E-state index in [0.717, 1.165) is 18.5 Å². The van der Waals surface area contributed by atoms with Gasteiger partial charge in [-0.1, -0.05) is 6.92 Å². The van der Waals surface area contributed by atoms with Crippen LogP contribution >= 0.6 is 15.9 Å². The standard InChI is InChI=1S/C15H24BrN3O/c1-4-11-15(16)13(19(3)18-11)8-12(17-2)10-7-9-5-6-14(10)20-9/h9-10,12,14,17H,4-8H2,1-3H3. The SMILES string of the molecule is CCc1nn(C)c(CC(NC)C2CC3CCC2O3)c1Br. The number of nitrogens with one attached hydrogen (secondary N) is 1. The number of rotatable bonds is 5. The summed E-state index contributed by atoms with van der Waals surface area (Å²) in [6.07, 6.45) is 6.67. The third kappa shape index (κ3) is 2.44. The summed E-state index contributed by atoms with van der Waals surface area (Å²) in [7, 11) is 4.12. The molecule has 1 aromatic heterocycles. The van der Waals surface area contributed by atoms with Crippen LogP contribution in [0.1, 0.15) is 37.6 Å². The number of aryl methyl sites for hydroxylation is 2. The van der Waals surface area contributed by atoms with Crippen LogP contribution in [-0.4, -0.2) is 35.1 Å². The molecule has 2 bridgehead atoms. The van der Waals surface area contributed by atoms with Crippen molar-refractivity contribution in [3.63, 3.8) is 0 Å². The summed E-state index contributed by atoms with van der Waals surface area (Å²) in [6.45, 7) is 2.15. The fourth-order valence-corrected chi connectivity index (χ4v) is 4.60. The fourth-order valence-electron chi connectivity index (χ4n) is 3.82. The van der Waals surface area contributed by atoms with E-state index < -0.39 is 0 Å². The highest BCUT2D eigenvalue weighted by atomic mass is 79.9. The van der Waals surface area contributed by atoms with E-state index in [9.17, 15) is 0 Å². The van der Waals surface area contributed by atoms with Gasteiger partial charge in [0.25, 0.3) is 0 Å². The Morgan fingerprint density at radius 1 is 1.50 bits per heavy atom.